The number of nitrogens with one attached hydrogen (secondary N) is 2. The quantitative estimate of drug-likeness (QED) is 0.762. The van der Waals surface area contributed by atoms with Gasteiger partial charge in [0, 0.05) is 11.4 Å². The Hall–Kier alpha value is -2.83. The van der Waals surface area contributed by atoms with E-state index in [1.165, 1.54) is 12.1 Å². The second kappa shape index (κ2) is 6.72. The molecule has 2 N–H and O–H groups in total. The molecule has 1 aliphatic carbocycles. The van der Waals surface area contributed by atoms with Gasteiger partial charge in [-0.15, -0.1) is 0 Å². The van der Waals surface area contributed by atoms with E-state index < -0.39 is 29.0 Å². The van der Waals surface area contributed by atoms with Crippen LogP contribution >= 0.6 is 0 Å². The summed E-state index contributed by atoms with van der Waals surface area (Å²) in [7, 11) is 0. The zero-order valence-corrected chi connectivity index (χ0v) is 14.9. The molecule has 1 aliphatic rings. The highest BCUT2D eigenvalue weighted by atomic mass is 19.4. The summed E-state index contributed by atoms with van der Waals surface area (Å²) in [6.45, 7) is 3.87. The van der Waals surface area contributed by atoms with Crippen molar-refractivity contribution in [3.63, 3.8) is 0 Å². The lowest BCUT2D eigenvalue weighted by Crippen LogP contribution is -2.35. The van der Waals surface area contributed by atoms with Gasteiger partial charge in [0.25, 0.3) is 0 Å². The van der Waals surface area contributed by atoms with E-state index in [9.17, 15) is 22.8 Å². The molecule has 2 aromatic carbocycles. The molecule has 0 saturated heterocycles. The summed E-state index contributed by atoms with van der Waals surface area (Å²) in [5, 5.41) is 5.18. The third kappa shape index (κ3) is 3.97. The average Bonchev–Trinajstić information content (AvgIpc) is 3.40. The molecule has 7 heteroatoms. The highest BCUT2D eigenvalue weighted by Gasteiger charge is 2.56. The van der Waals surface area contributed by atoms with Crippen molar-refractivity contribution >= 4 is 23.2 Å². The molecule has 3 rings (SSSR count). The molecule has 0 bridgehead atoms. The van der Waals surface area contributed by atoms with Crippen molar-refractivity contribution in [3.05, 3.63) is 59.2 Å². The third-order valence-corrected chi connectivity index (χ3v) is 4.83. The van der Waals surface area contributed by atoms with Crippen LogP contribution in [0.4, 0.5) is 24.5 Å². The minimum atomic E-state index is -4.50. The van der Waals surface area contributed by atoms with Crippen LogP contribution in [0.1, 0.15) is 29.5 Å². The number of aryl methyl sites for hydroxylation is 2. The molecule has 0 atom stereocenters. The average molecular weight is 376 g/mol. The Kier molecular flexibility index (Phi) is 4.71. The number of rotatable bonds is 4. The van der Waals surface area contributed by atoms with Gasteiger partial charge in [0.05, 0.1) is 5.56 Å². The first kappa shape index (κ1) is 18.9. The van der Waals surface area contributed by atoms with Crippen molar-refractivity contribution in [3.8, 4) is 0 Å². The van der Waals surface area contributed by atoms with E-state index in [4.69, 9.17) is 0 Å². The number of carbonyl (C=O) groups is 2. The van der Waals surface area contributed by atoms with Gasteiger partial charge in [-0.1, -0.05) is 12.1 Å². The number of anilines is 2. The maximum atomic E-state index is 12.8. The number of amides is 2. The van der Waals surface area contributed by atoms with Crippen LogP contribution in [0, 0.1) is 19.3 Å². The van der Waals surface area contributed by atoms with Crippen LogP contribution in [-0.2, 0) is 15.8 Å². The molecular weight excluding hydrogens is 357 g/mol. The molecule has 0 radical (unpaired) electrons. The monoisotopic (exact) mass is 376 g/mol. The van der Waals surface area contributed by atoms with E-state index >= 15 is 0 Å². The second-order valence-electron chi connectivity index (χ2n) is 6.87. The fraction of sp³-hybridized carbons (Fsp3) is 0.300. The summed E-state index contributed by atoms with van der Waals surface area (Å²) in [4.78, 5) is 25.2. The zero-order chi connectivity index (χ0) is 19.8. The van der Waals surface area contributed by atoms with Gasteiger partial charge in [-0.3, -0.25) is 9.59 Å². The van der Waals surface area contributed by atoms with E-state index in [-0.39, 0.29) is 5.69 Å². The van der Waals surface area contributed by atoms with Crippen molar-refractivity contribution in [1.82, 2.24) is 0 Å². The van der Waals surface area contributed by atoms with Crippen LogP contribution in [0.25, 0.3) is 0 Å². The predicted octanol–water partition coefficient (Wildman–Crippen LogP) is 4.68. The van der Waals surface area contributed by atoms with Crippen molar-refractivity contribution in [2.45, 2.75) is 32.9 Å². The lowest BCUT2D eigenvalue weighted by atomic mass is 10.0. The van der Waals surface area contributed by atoms with E-state index in [1.54, 1.807) is 6.07 Å². The number of hydrogen-bond donors (Lipinski definition) is 2. The molecule has 0 aromatic heterocycles. The fourth-order valence-electron chi connectivity index (χ4n) is 2.78. The van der Waals surface area contributed by atoms with Crippen LogP contribution in [0.3, 0.4) is 0 Å². The van der Waals surface area contributed by atoms with Gasteiger partial charge in [-0.2, -0.15) is 13.2 Å². The summed E-state index contributed by atoms with van der Waals surface area (Å²) < 4.78 is 38.4. The standard InChI is InChI=1S/C20H19F3N2O2/c1-12-6-7-16(10-13(12)2)25-18(27)19(8-9-19)17(26)24-15-5-3-4-14(11-15)20(21,22)23/h3-7,10-11H,8-9H2,1-2H3,(H,24,26)(H,25,27). The molecule has 0 aliphatic heterocycles. The van der Waals surface area contributed by atoms with Gasteiger partial charge < -0.3 is 10.6 Å². The maximum Gasteiger partial charge on any atom is 0.416 e. The molecule has 0 spiro atoms. The summed E-state index contributed by atoms with van der Waals surface area (Å²) in [5.41, 5.74) is 0.584. The fourth-order valence-corrected chi connectivity index (χ4v) is 2.78. The number of hydrogen-bond acceptors (Lipinski definition) is 2. The molecule has 0 heterocycles. The summed E-state index contributed by atoms with van der Waals surface area (Å²) in [6, 6.07) is 9.80. The lowest BCUT2D eigenvalue weighted by Gasteiger charge is -2.17. The highest BCUT2D eigenvalue weighted by Crippen LogP contribution is 2.47. The lowest BCUT2D eigenvalue weighted by molar-refractivity contribution is -0.137. The topological polar surface area (TPSA) is 58.2 Å². The molecule has 2 amide bonds. The molecule has 142 valence electrons. The molecule has 4 nitrogen and oxygen atoms in total. The highest BCUT2D eigenvalue weighted by molar-refractivity contribution is 6.16. The van der Waals surface area contributed by atoms with E-state index in [0.29, 0.717) is 18.5 Å². The molecule has 2 aromatic rings. The first-order chi connectivity index (χ1) is 12.6. The minimum Gasteiger partial charge on any atom is -0.325 e. The van der Waals surface area contributed by atoms with Crippen LogP contribution in [0.15, 0.2) is 42.5 Å². The number of benzene rings is 2. The Morgan fingerprint density at radius 1 is 0.889 bits per heavy atom. The summed E-state index contributed by atoms with van der Waals surface area (Å²) in [5.74, 6) is -1.04. The number of halogens is 3. The van der Waals surface area contributed by atoms with Crippen molar-refractivity contribution in [2.75, 3.05) is 10.6 Å². The van der Waals surface area contributed by atoms with E-state index in [0.717, 1.165) is 23.3 Å². The van der Waals surface area contributed by atoms with E-state index in [2.05, 4.69) is 10.6 Å². The normalized spacial score (nSPS) is 15.1. The Morgan fingerprint density at radius 3 is 2.00 bits per heavy atom. The zero-order valence-electron chi connectivity index (χ0n) is 14.9. The van der Waals surface area contributed by atoms with Crippen molar-refractivity contribution < 1.29 is 22.8 Å². The minimum absolute atomic E-state index is 0.0140. The second-order valence-corrected chi connectivity index (χ2v) is 6.87. The molecular formula is C20H19F3N2O2. The number of carbonyl (C=O) groups excluding carboxylic acids is 2. The van der Waals surface area contributed by atoms with Gasteiger partial charge in [0.2, 0.25) is 11.8 Å². The molecule has 1 saturated carbocycles. The Balaban J connectivity index is 1.72. The van der Waals surface area contributed by atoms with Gasteiger partial charge in [0.15, 0.2) is 0 Å². The molecule has 27 heavy (non-hydrogen) atoms. The van der Waals surface area contributed by atoms with Crippen molar-refractivity contribution in [1.29, 1.82) is 0 Å². The van der Waals surface area contributed by atoms with Crippen LogP contribution in [-0.4, -0.2) is 11.8 Å². The summed E-state index contributed by atoms with van der Waals surface area (Å²) >= 11 is 0. The first-order valence-electron chi connectivity index (χ1n) is 8.49. The Bertz CT molecular complexity index is 902. The molecule has 0 unspecified atom stereocenters. The molecule has 1 fully saturated rings. The van der Waals surface area contributed by atoms with Crippen LogP contribution < -0.4 is 10.6 Å². The Labute approximate surface area is 154 Å². The Morgan fingerprint density at radius 2 is 1.48 bits per heavy atom. The maximum absolute atomic E-state index is 12.8. The largest absolute Gasteiger partial charge is 0.416 e. The predicted molar refractivity (Wildman–Crippen MR) is 96.3 cm³/mol. The van der Waals surface area contributed by atoms with Crippen LogP contribution in [0.2, 0.25) is 0 Å². The van der Waals surface area contributed by atoms with E-state index in [1.807, 2.05) is 26.0 Å². The SMILES string of the molecule is Cc1ccc(NC(=O)C2(C(=O)Nc3cccc(C(F)(F)F)c3)CC2)cc1C. The summed E-state index contributed by atoms with van der Waals surface area (Å²) in [6.07, 6.45) is -3.79. The smallest absolute Gasteiger partial charge is 0.325 e. The van der Waals surface area contributed by atoms with Crippen molar-refractivity contribution in [2.24, 2.45) is 5.41 Å². The first-order valence-corrected chi connectivity index (χ1v) is 8.49. The van der Waals surface area contributed by atoms with Gasteiger partial charge in [-0.25, -0.2) is 0 Å². The third-order valence-electron chi connectivity index (χ3n) is 4.83. The van der Waals surface area contributed by atoms with Gasteiger partial charge >= 0.3 is 6.18 Å². The van der Waals surface area contributed by atoms with Gasteiger partial charge in [-0.05, 0) is 68.1 Å². The van der Waals surface area contributed by atoms with Gasteiger partial charge in [0.1, 0.15) is 5.41 Å². The number of alkyl halides is 3. The van der Waals surface area contributed by atoms with Crippen LogP contribution in [0.5, 0.6) is 0 Å².